The van der Waals surface area contributed by atoms with Crippen molar-refractivity contribution in [2.45, 2.75) is 52.5 Å². The molecule has 116 valence electrons. The number of hydrogen-bond donors (Lipinski definition) is 2. The maximum atomic E-state index is 12.6. The third kappa shape index (κ3) is 3.96. The monoisotopic (exact) mass is 289 g/mol. The molecule has 0 bridgehead atoms. The molecule has 1 aromatic rings. The van der Waals surface area contributed by atoms with E-state index < -0.39 is 0 Å². The van der Waals surface area contributed by atoms with Gasteiger partial charge in [-0.25, -0.2) is 0 Å². The van der Waals surface area contributed by atoms with Gasteiger partial charge >= 0.3 is 0 Å². The Hall–Kier alpha value is -1.58. The highest BCUT2D eigenvalue weighted by atomic mass is 16.1. The van der Waals surface area contributed by atoms with E-state index in [0.717, 1.165) is 18.7 Å². The molecule has 0 aromatic carbocycles. The first-order chi connectivity index (χ1) is 10.1. The number of anilines is 1. The number of carbonyl (C=O) groups is 1. The largest absolute Gasteiger partial charge is 0.383 e. The molecule has 1 fully saturated rings. The third-order valence-corrected chi connectivity index (χ3v) is 4.43. The molecule has 1 amide bonds. The molecule has 1 aromatic heterocycles. The fourth-order valence-corrected chi connectivity index (χ4v) is 3.31. The van der Waals surface area contributed by atoms with Crippen molar-refractivity contribution in [3.63, 3.8) is 0 Å². The summed E-state index contributed by atoms with van der Waals surface area (Å²) in [5, 5.41) is 6.46. The maximum Gasteiger partial charge on any atom is 0.253 e. The molecule has 1 saturated carbocycles. The molecule has 21 heavy (non-hydrogen) atoms. The lowest BCUT2D eigenvalue weighted by Gasteiger charge is -2.35. The number of carbonyl (C=O) groups excluding carboxylic acids is 1. The number of rotatable bonds is 5. The Morgan fingerprint density at radius 2 is 2.14 bits per heavy atom. The van der Waals surface area contributed by atoms with Crippen LogP contribution in [0.3, 0.4) is 0 Å². The molecule has 1 aliphatic rings. The summed E-state index contributed by atoms with van der Waals surface area (Å²) in [7, 11) is 0. The second kappa shape index (κ2) is 7.43. The summed E-state index contributed by atoms with van der Waals surface area (Å²) in [5.41, 5.74) is 1.51. The van der Waals surface area contributed by atoms with Crippen molar-refractivity contribution >= 4 is 11.6 Å². The van der Waals surface area contributed by atoms with Gasteiger partial charge in [0, 0.05) is 18.8 Å². The third-order valence-electron chi connectivity index (χ3n) is 4.43. The van der Waals surface area contributed by atoms with Crippen LogP contribution < -0.4 is 10.6 Å². The Kier molecular flexibility index (Phi) is 5.59. The van der Waals surface area contributed by atoms with Gasteiger partial charge in [0.15, 0.2) is 0 Å². The number of hydrogen-bond acceptors (Lipinski definition) is 3. The number of nitrogens with zero attached hydrogens (tertiary/aromatic N) is 1. The molecule has 2 atom stereocenters. The lowest BCUT2D eigenvalue weighted by Crippen LogP contribution is -2.44. The first-order valence-corrected chi connectivity index (χ1v) is 8.12. The molecular weight excluding hydrogens is 262 g/mol. The lowest BCUT2D eigenvalue weighted by molar-refractivity contribution is 0.0890. The molecule has 0 aliphatic heterocycles. The number of amides is 1. The average molecular weight is 289 g/mol. The zero-order valence-corrected chi connectivity index (χ0v) is 13.4. The van der Waals surface area contributed by atoms with Crippen molar-refractivity contribution in [2.75, 3.05) is 11.9 Å². The van der Waals surface area contributed by atoms with Gasteiger partial charge in [-0.1, -0.05) is 26.7 Å². The van der Waals surface area contributed by atoms with Gasteiger partial charge in [0.05, 0.1) is 17.4 Å². The SMILES string of the molecule is CCNc1cnccc1C(=O)NC1CCCCC1C(C)C. The van der Waals surface area contributed by atoms with E-state index in [1.165, 1.54) is 19.3 Å². The van der Waals surface area contributed by atoms with Crippen LogP contribution in [0.25, 0.3) is 0 Å². The summed E-state index contributed by atoms with van der Waals surface area (Å²) in [6, 6.07) is 2.09. The van der Waals surface area contributed by atoms with Gasteiger partial charge in [-0.05, 0) is 37.7 Å². The summed E-state index contributed by atoms with van der Waals surface area (Å²) >= 11 is 0. The first kappa shape index (κ1) is 15.8. The van der Waals surface area contributed by atoms with Crippen LogP contribution >= 0.6 is 0 Å². The minimum absolute atomic E-state index is 0.0194. The van der Waals surface area contributed by atoms with Crippen molar-refractivity contribution in [1.29, 1.82) is 0 Å². The fraction of sp³-hybridized carbons (Fsp3) is 0.647. The van der Waals surface area contributed by atoms with Crippen LogP contribution in [-0.2, 0) is 0 Å². The second-order valence-corrected chi connectivity index (χ2v) is 6.22. The molecule has 2 rings (SSSR count). The van der Waals surface area contributed by atoms with Gasteiger partial charge in [-0.3, -0.25) is 9.78 Å². The predicted molar refractivity (Wildman–Crippen MR) is 86.5 cm³/mol. The normalized spacial score (nSPS) is 22.1. The van der Waals surface area contributed by atoms with Crippen molar-refractivity contribution < 1.29 is 4.79 Å². The van der Waals surface area contributed by atoms with Gasteiger partial charge in [-0.2, -0.15) is 0 Å². The van der Waals surface area contributed by atoms with Crippen LogP contribution in [0.2, 0.25) is 0 Å². The Bertz CT molecular complexity index is 473. The van der Waals surface area contributed by atoms with E-state index in [1.807, 2.05) is 6.92 Å². The predicted octanol–water partition coefficient (Wildman–Crippen LogP) is 3.46. The zero-order valence-electron chi connectivity index (χ0n) is 13.4. The summed E-state index contributed by atoms with van der Waals surface area (Å²) in [6.45, 7) is 7.31. The number of pyridine rings is 1. The average Bonchev–Trinajstić information content (AvgIpc) is 2.48. The quantitative estimate of drug-likeness (QED) is 0.873. The van der Waals surface area contributed by atoms with E-state index in [-0.39, 0.29) is 5.91 Å². The zero-order chi connectivity index (χ0) is 15.2. The van der Waals surface area contributed by atoms with E-state index in [4.69, 9.17) is 0 Å². The van der Waals surface area contributed by atoms with Gasteiger partial charge in [0.1, 0.15) is 0 Å². The number of nitrogens with one attached hydrogen (secondary N) is 2. The Morgan fingerprint density at radius 3 is 2.86 bits per heavy atom. The Morgan fingerprint density at radius 1 is 1.38 bits per heavy atom. The van der Waals surface area contributed by atoms with Crippen molar-refractivity contribution in [3.8, 4) is 0 Å². The molecule has 2 N–H and O–H groups in total. The maximum absolute atomic E-state index is 12.6. The molecular formula is C17H27N3O. The van der Waals surface area contributed by atoms with E-state index in [9.17, 15) is 4.79 Å². The topological polar surface area (TPSA) is 54.0 Å². The van der Waals surface area contributed by atoms with E-state index in [2.05, 4.69) is 29.5 Å². The molecule has 2 unspecified atom stereocenters. The second-order valence-electron chi connectivity index (χ2n) is 6.22. The highest BCUT2D eigenvalue weighted by molar-refractivity contribution is 5.99. The van der Waals surface area contributed by atoms with Crippen LogP contribution in [0.5, 0.6) is 0 Å². The summed E-state index contributed by atoms with van der Waals surface area (Å²) in [4.78, 5) is 16.7. The minimum Gasteiger partial charge on any atom is -0.383 e. The molecule has 0 radical (unpaired) electrons. The molecule has 4 heteroatoms. The van der Waals surface area contributed by atoms with E-state index >= 15 is 0 Å². The highest BCUT2D eigenvalue weighted by Crippen LogP contribution is 2.30. The van der Waals surface area contributed by atoms with Gasteiger partial charge in [0.25, 0.3) is 5.91 Å². The number of aromatic nitrogens is 1. The van der Waals surface area contributed by atoms with Crippen molar-refractivity contribution in [3.05, 3.63) is 24.0 Å². The molecule has 4 nitrogen and oxygen atoms in total. The first-order valence-electron chi connectivity index (χ1n) is 8.12. The van der Waals surface area contributed by atoms with Gasteiger partial charge in [0.2, 0.25) is 0 Å². The Balaban J connectivity index is 2.09. The minimum atomic E-state index is 0.0194. The lowest BCUT2D eigenvalue weighted by atomic mass is 9.78. The standard InChI is InChI=1S/C17H27N3O/c1-4-19-16-11-18-10-9-14(16)17(21)20-15-8-6-5-7-13(15)12(2)3/h9-13,15,19H,4-8H2,1-3H3,(H,20,21). The van der Waals surface area contributed by atoms with E-state index in [1.54, 1.807) is 18.5 Å². The fourth-order valence-electron chi connectivity index (χ4n) is 3.31. The Labute approximate surface area is 127 Å². The summed E-state index contributed by atoms with van der Waals surface area (Å²) in [6.07, 6.45) is 8.21. The van der Waals surface area contributed by atoms with Crippen LogP contribution in [0.15, 0.2) is 18.5 Å². The van der Waals surface area contributed by atoms with Gasteiger partial charge < -0.3 is 10.6 Å². The smallest absolute Gasteiger partial charge is 0.253 e. The van der Waals surface area contributed by atoms with Crippen LogP contribution in [0, 0.1) is 11.8 Å². The van der Waals surface area contributed by atoms with Crippen LogP contribution in [0.4, 0.5) is 5.69 Å². The molecule has 1 aliphatic carbocycles. The van der Waals surface area contributed by atoms with Gasteiger partial charge in [-0.15, -0.1) is 0 Å². The van der Waals surface area contributed by atoms with Crippen LogP contribution in [0.1, 0.15) is 56.8 Å². The van der Waals surface area contributed by atoms with Crippen LogP contribution in [-0.4, -0.2) is 23.5 Å². The summed E-state index contributed by atoms with van der Waals surface area (Å²) in [5.74, 6) is 1.22. The molecule has 0 saturated heterocycles. The summed E-state index contributed by atoms with van der Waals surface area (Å²) < 4.78 is 0. The van der Waals surface area contributed by atoms with Crippen molar-refractivity contribution in [2.24, 2.45) is 11.8 Å². The molecule has 1 heterocycles. The van der Waals surface area contributed by atoms with E-state index in [0.29, 0.717) is 23.4 Å². The van der Waals surface area contributed by atoms with Crippen molar-refractivity contribution in [1.82, 2.24) is 10.3 Å². The molecule has 0 spiro atoms. The highest BCUT2D eigenvalue weighted by Gasteiger charge is 2.29.